The summed E-state index contributed by atoms with van der Waals surface area (Å²) in [4.78, 5) is 12.1. The molecular weight excluding hydrogens is 262 g/mol. The molecule has 0 aliphatic heterocycles. The van der Waals surface area contributed by atoms with E-state index in [2.05, 4.69) is 5.32 Å². The Morgan fingerprint density at radius 2 is 1.71 bits per heavy atom. The molecular formula is C17H17N3O. The second kappa shape index (κ2) is 5.71. The van der Waals surface area contributed by atoms with Gasteiger partial charge >= 0.3 is 0 Å². The average Bonchev–Trinajstić information content (AvgIpc) is 3.17. The van der Waals surface area contributed by atoms with Crippen molar-refractivity contribution in [1.29, 1.82) is 0 Å². The van der Waals surface area contributed by atoms with Crippen molar-refractivity contribution < 1.29 is 4.79 Å². The van der Waals surface area contributed by atoms with Crippen molar-refractivity contribution >= 4 is 5.91 Å². The zero-order chi connectivity index (χ0) is 14.7. The number of nitrogens with one attached hydrogen (secondary N) is 1. The van der Waals surface area contributed by atoms with Crippen LogP contribution in [0, 0.1) is 0 Å². The van der Waals surface area contributed by atoms with E-state index in [9.17, 15) is 4.79 Å². The molecule has 21 heavy (non-hydrogen) atoms. The second-order valence-electron chi connectivity index (χ2n) is 4.93. The van der Waals surface area contributed by atoms with Crippen LogP contribution in [-0.4, -0.2) is 15.0 Å². The lowest BCUT2D eigenvalue weighted by Crippen LogP contribution is -2.23. The Morgan fingerprint density at radius 1 is 1.00 bits per heavy atom. The summed E-state index contributed by atoms with van der Waals surface area (Å²) in [6, 6.07) is 15.5. The number of hydrogen-bond donors (Lipinski definition) is 1. The SMILES string of the molecule is Cn1cccc1CNC(=O)c1ccc(-n2cccc2)cc1. The van der Waals surface area contributed by atoms with Crippen molar-refractivity contribution in [2.45, 2.75) is 6.54 Å². The van der Waals surface area contributed by atoms with Gasteiger partial charge < -0.3 is 14.5 Å². The molecule has 0 aliphatic carbocycles. The van der Waals surface area contributed by atoms with Gasteiger partial charge in [-0.1, -0.05) is 0 Å². The maximum atomic E-state index is 12.1. The Bertz CT molecular complexity index is 724. The highest BCUT2D eigenvalue weighted by Gasteiger charge is 2.06. The van der Waals surface area contributed by atoms with Crippen molar-refractivity contribution in [2.75, 3.05) is 0 Å². The summed E-state index contributed by atoms with van der Waals surface area (Å²) in [5.41, 5.74) is 2.78. The molecule has 1 N–H and O–H groups in total. The predicted octanol–water partition coefficient (Wildman–Crippen LogP) is 2.75. The number of amides is 1. The van der Waals surface area contributed by atoms with Gasteiger partial charge in [-0.15, -0.1) is 0 Å². The molecule has 0 fully saturated rings. The van der Waals surface area contributed by atoms with Gasteiger partial charge in [0.15, 0.2) is 0 Å². The number of carbonyl (C=O) groups is 1. The Balaban J connectivity index is 1.66. The number of carbonyl (C=O) groups excluding carboxylic acids is 1. The van der Waals surface area contributed by atoms with Gasteiger partial charge in [-0.25, -0.2) is 0 Å². The minimum absolute atomic E-state index is 0.0599. The molecule has 3 rings (SSSR count). The predicted molar refractivity (Wildman–Crippen MR) is 82.4 cm³/mol. The Hall–Kier alpha value is -2.75. The number of rotatable bonds is 4. The van der Waals surface area contributed by atoms with E-state index >= 15 is 0 Å². The normalized spacial score (nSPS) is 10.5. The molecule has 2 aromatic heterocycles. The molecule has 4 heteroatoms. The maximum absolute atomic E-state index is 12.1. The van der Waals surface area contributed by atoms with Gasteiger partial charge in [-0.05, 0) is 48.5 Å². The molecule has 1 aromatic carbocycles. The fraction of sp³-hybridized carbons (Fsp3) is 0.118. The summed E-state index contributed by atoms with van der Waals surface area (Å²) in [6.07, 6.45) is 5.92. The third-order valence-corrected chi connectivity index (χ3v) is 3.51. The van der Waals surface area contributed by atoms with Crippen LogP contribution >= 0.6 is 0 Å². The largest absolute Gasteiger partial charge is 0.353 e. The maximum Gasteiger partial charge on any atom is 0.251 e. The highest BCUT2D eigenvalue weighted by molar-refractivity contribution is 5.94. The van der Waals surface area contributed by atoms with Gasteiger partial charge in [-0.3, -0.25) is 4.79 Å². The third kappa shape index (κ3) is 2.89. The topological polar surface area (TPSA) is 39.0 Å². The summed E-state index contributed by atoms with van der Waals surface area (Å²) >= 11 is 0. The first-order valence-electron chi connectivity index (χ1n) is 6.86. The minimum Gasteiger partial charge on any atom is -0.353 e. The van der Waals surface area contributed by atoms with Crippen LogP contribution in [0.5, 0.6) is 0 Å². The zero-order valence-electron chi connectivity index (χ0n) is 11.9. The molecule has 2 heterocycles. The van der Waals surface area contributed by atoms with Crippen LogP contribution in [-0.2, 0) is 13.6 Å². The monoisotopic (exact) mass is 279 g/mol. The first-order chi connectivity index (χ1) is 10.2. The van der Waals surface area contributed by atoms with Crippen molar-refractivity contribution in [3.05, 3.63) is 78.4 Å². The van der Waals surface area contributed by atoms with Gasteiger partial charge in [0.1, 0.15) is 0 Å². The molecule has 0 unspecified atom stereocenters. The molecule has 1 amide bonds. The van der Waals surface area contributed by atoms with E-state index in [1.165, 1.54) is 0 Å². The number of nitrogens with zero attached hydrogens (tertiary/aromatic N) is 2. The molecule has 0 radical (unpaired) electrons. The van der Waals surface area contributed by atoms with Gasteiger partial charge in [0, 0.05) is 42.6 Å². The van der Waals surface area contributed by atoms with Crippen molar-refractivity contribution in [1.82, 2.24) is 14.5 Å². The standard InChI is InChI=1S/C17H17N3O/c1-19-10-4-5-16(19)13-18-17(21)14-6-8-15(9-7-14)20-11-2-3-12-20/h2-12H,13H2,1H3,(H,18,21). The van der Waals surface area contributed by atoms with E-state index in [1.54, 1.807) is 0 Å². The fourth-order valence-electron chi connectivity index (χ4n) is 2.24. The fourth-order valence-corrected chi connectivity index (χ4v) is 2.24. The van der Waals surface area contributed by atoms with Crippen LogP contribution in [0.1, 0.15) is 16.1 Å². The zero-order valence-corrected chi connectivity index (χ0v) is 11.9. The average molecular weight is 279 g/mol. The quantitative estimate of drug-likeness (QED) is 0.783. The smallest absolute Gasteiger partial charge is 0.251 e. The van der Waals surface area contributed by atoms with E-state index < -0.39 is 0 Å². The lowest BCUT2D eigenvalue weighted by molar-refractivity contribution is 0.0950. The Labute approximate surface area is 123 Å². The van der Waals surface area contributed by atoms with E-state index in [0.29, 0.717) is 12.1 Å². The number of aryl methyl sites for hydroxylation is 1. The number of hydrogen-bond acceptors (Lipinski definition) is 1. The third-order valence-electron chi connectivity index (χ3n) is 3.51. The van der Waals surface area contributed by atoms with Crippen LogP contribution in [0.2, 0.25) is 0 Å². The van der Waals surface area contributed by atoms with Gasteiger partial charge in [0.05, 0.1) is 6.54 Å². The molecule has 0 saturated heterocycles. The highest BCUT2D eigenvalue weighted by Crippen LogP contribution is 2.10. The summed E-state index contributed by atoms with van der Waals surface area (Å²) in [5.74, 6) is -0.0599. The van der Waals surface area contributed by atoms with Gasteiger partial charge in [0.2, 0.25) is 0 Å². The summed E-state index contributed by atoms with van der Waals surface area (Å²) in [5, 5.41) is 2.93. The molecule has 4 nitrogen and oxygen atoms in total. The highest BCUT2D eigenvalue weighted by atomic mass is 16.1. The van der Waals surface area contributed by atoms with E-state index in [-0.39, 0.29) is 5.91 Å². The number of benzene rings is 1. The molecule has 0 aliphatic rings. The minimum atomic E-state index is -0.0599. The van der Waals surface area contributed by atoms with E-state index in [0.717, 1.165) is 11.4 Å². The second-order valence-corrected chi connectivity index (χ2v) is 4.93. The van der Waals surface area contributed by atoms with E-state index in [4.69, 9.17) is 0 Å². The molecule has 106 valence electrons. The van der Waals surface area contributed by atoms with Gasteiger partial charge in [-0.2, -0.15) is 0 Å². The molecule has 0 saturated carbocycles. The first-order valence-corrected chi connectivity index (χ1v) is 6.86. The van der Waals surface area contributed by atoms with Crippen LogP contribution in [0.3, 0.4) is 0 Å². The Kier molecular flexibility index (Phi) is 3.60. The van der Waals surface area contributed by atoms with Crippen molar-refractivity contribution in [2.24, 2.45) is 7.05 Å². The van der Waals surface area contributed by atoms with Crippen molar-refractivity contribution in [3.63, 3.8) is 0 Å². The summed E-state index contributed by atoms with van der Waals surface area (Å²) < 4.78 is 4.00. The molecule has 0 atom stereocenters. The summed E-state index contributed by atoms with van der Waals surface area (Å²) in [7, 11) is 1.97. The lowest BCUT2D eigenvalue weighted by Gasteiger charge is -2.08. The lowest BCUT2D eigenvalue weighted by atomic mass is 10.2. The molecule has 3 aromatic rings. The summed E-state index contributed by atoms with van der Waals surface area (Å²) in [6.45, 7) is 0.529. The number of aromatic nitrogens is 2. The van der Waals surface area contributed by atoms with E-state index in [1.807, 2.05) is 83.3 Å². The Morgan fingerprint density at radius 3 is 2.33 bits per heavy atom. The molecule has 0 spiro atoms. The van der Waals surface area contributed by atoms with Gasteiger partial charge in [0.25, 0.3) is 5.91 Å². The van der Waals surface area contributed by atoms with Crippen LogP contribution in [0.15, 0.2) is 67.1 Å². The van der Waals surface area contributed by atoms with Crippen LogP contribution in [0.25, 0.3) is 5.69 Å². The van der Waals surface area contributed by atoms with Crippen LogP contribution < -0.4 is 5.32 Å². The molecule has 0 bridgehead atoms. The van der Waals surface area contributed by atoms with Crippen LogP contribution in [0.4, 0.5) is 0 Å². The van der Waals surface area contributed by atoms with Crippen molar-refractivity contribution in [3.8, 4) is 5.69 Å². The first kappa shape index (κ1) is 13.2.